The van der Waals surface area contributed by atoms with Gasteiger partial charge in [-0.3, -0.25) is 4.98 Å². The van der Waals surface area contributed by atoms with Crippen molar-refractivity contribution in [2.45, 2.75) is 79.1 Å². The maximum atomic E-state index is 4.90. The molecule has 0 atom stereocenters. The molecule has 0 bridgehead atoms. The molecule has 293 valence electrons. The summed E-state index contributed by atoms with van der Waals surface area (Å²) in [6.45, 7) is 20.5. The number of aromatic nitrogens is 4. The molecule has 57 heavy (non-hydrogen) atoms. The van der Waals surface area contributed by atoms with E-state index in [1.807, 2.05) is 54.9 Å². The number of para-hydroxylation sites is 2. The quantitative estimate of drug-likeness (QED) is 0.117. The van der Waals surface area contributed by atoms with E-state index in [0.29, 0.717) is 29.5 Å². The zero-order valence-corrected chi connectivity index (χ0v) is 36.2. The maximum absolute atomic E-state index is 4.90. The van der Waals surface area contributed by atoms with Crippen LogP contribution in [0.4, 0.5) is 22.9 Å². The van der Waals surface area contributed by atoms with Gasteiger partial charge in [0.2, 0.25) is 0 Å². The van der Waals surface area contributed by atoms with Crippen LogP contribution < -0.4 is 14.8 Å². The Morgan fingerprint density at radius 2 is 1.05 bits per heavy atom. The van der Waals surface area contributed by atoms with Crippen molar-refractivity contribution < 1.29 is 22.4 Å². The molecule has 7 heteroatoms. The van der Waals surface area contributed by atoms with Crippen LogP contribution in [0.5, 0.6) is 0 Å². The van der Waals surface area contributed by atoms with Crippen LogP contribution in [0.1, 0.15) is 101 Å². The van der Waals surface area contributed by atoms with Crippen molar-refractivity contribution in [3.63, 3.8) is 0 Å². The number of fused-ring (bicyclic) bond motifs is 5. The first-order valence-corrected chi connectivity index (χ1v) is 19.9. The molecule has 1 aliphatic rings. The largest absolute Gasteiger partial charge is 0.471 e. The summed E-state index contributed by atoms with van der Waals surface area (Å²) >= 11 is 0. The maximum Gasteiger partial charge on any atom is 0.126 e. The van der Waals surface area contributed by atoms with Gasteiger partial charge in [0.25, 0.3) is 0 Å². The van der Waals surface area contributed by atoms with Crippen LogP contribution in [0, 0.1) is 6.67 Å². The molecule has 1 radical (unpaired) electrons. The van der Waals surface area contributed by atoms with Gasteiger partial charge in [-0.15, -0.1) is 6.67 Å². The Bertz CT molecular complexity index is 2530. The van der Waals surface area contributed by atoms with Crippen molar-refractivity contribution in [1.29, 1.82) is 0 Å². The molecule has 6 nitrogen and oxygen atoms in total. The molecule has 3 aromatic heterocycles. The Hall–Kier alpha value is -5.27. The van der Waals surface area contributed by atoms with E-state index in [9.17, 15) is 0 Å². The molecule has 0 fully saturated rings. The van der Waals surface area contributed by atoms with Gasteiger partial charge in [0.05, 0.1) is 11.4 Å². The van der Waals surface area contributed by atoms with E-state index >= 15 is 0 Å². The van der Waals surface area contributed by atoms with Gasteiger partial charge in [0, 0.05) is 51.5 Å². The average molecular weight is 932 g/mol. The van der Waals surface area contributed by atoms with Crippen LogP contribution in [0.25, 0.3) is 44.1 Å². The molecule has 1 aliphatic heterocycles. The van der Waals surface area contributed by atoms with Crippen LogP contribution in [0.15, 0.2) is 128 Å². The average Bonchev–Trinajstić information content (AvgIpc) is 3.83. The number of anilines is 4. The van der Waals surface area contributed by atoms with Crippen molar-refractivity contribution in [3.05, 3.63) is 157 Å². The molecule has 0 aliphatic carbocycles. The third-order valence-corrected chi connectivity index (χ3v) is 10.9. The molecule has 0 saturated heterocycles. The molecule has 5 aromatic carbocycles. The van der Waals surface area contributed by atoms with Crippen molar-refractivity contribution in [2.75, 3.05) is 9.80 Å². The van der Waals surface area contributed by atoms with E-state index in [0.717, 1.165) is 44.4 Å². The van der Waals surface area contributed by atoms with Crippen LogP contribution in [-0.4, -0.2) is 15.0 Å². The Morgan fingerprint density at radius 3 is 1.65 bits per heavy atom. The SMILES string of the molecule is CC(C)c1cccc(C(C)C)c1N1[CH-]N(c2c(C(C)C)cccc2C(C)C)c2ncccc21.[Au].c1ccc2c(-c3nc4c(ccc5ccccc54)[n-]3)nccc2c1. The zero-order valence-electron chi connectivity index (χ0n) is 34.0. The Labute approximate surface area is 352 Å². The topological polar surface area (TPSA) is 59.3 Å². The normalized spacial score (nSPS) is 12.6. The van der Waals surface area contributed by atoms with Crippen LogP contribution >= 0.6 is 0 Å². The van der Waals surface area contributed by atoms with Gasteiger partial charge in [-0.05, 0) is 97.1 Å². The van der Waals surface area contributed by atoms with Crippen molar-refractivity contribution in [3.8, 4) is 11.5 Å². The van der Waals surface area contributed by atoms with Gasteiger partial charge < -0.3 is 19.8 Å². The number of rotatable bonds is 7. The zero-order chi connectivity index (χ0) is 39.1. The summed E-state index contributed by atoms with van der Waals surface area (Å²) in [7, 11) is 0. The number of nitrogens with zero attached hydrogens (tertiary/aromatic N) is 6. The third-order valence-electron chi connectivity index (χ3n) is 10.9. The fourth-order valence-electron chi connectivity index (χ4n) is 8.02. The number of imidazole rings is 1. The number of pyridine rings is 2. The number of hydrogen-bond donors (Lipinski definition) is 0. The fraction of sp³-hybridized carbons (Fsp3) is 0.240. The van der Waals surface area contributed by atoms with Gasteiger partial charge in [-0.2, -0.15) is 0 Å². The standard InChI is InChI=1S/C30H38N3.C20H12N3.Au/c1-19(2)23-12-9-13-24(20(3)4)28(23)32-18-33(30-27(32)16-11-17-31-30)29-25(21(5)6)14-10-15-26(29)22(7)8;1-3-7-15-13(5-1)9-10-17-18(15)23-20(22-17)19-16-8-4-2-6-14(16)11-12-21-19;/h9-22H,1-8H3;1-12H;/q2*-1;. The molecule has 0 saturated carbocycles. The van der Waals surface area contributed by atoms with Crippen LogP contribution in [0.3, 0.4) is 0 Å². The number of hydrogen-bond acceptors (Lipinski definition) is 5. The minimum atomic E-state index is 0. The first-order chi connectivity index (χ1) is 27.1. The summed E-state index contributed by atoms with van der Waals surface area (Å²) < 4.78 is 0. The molecule has 0 spiro atoms. The van der Waals surface area contributed by atoms with Gasteiger partial charge in [-0.25, -0.2) is 4.98 Å². The second kappa shape index (κ2) is 16.7. The van der Waals surface area contributed by atoms with E-state index in [1.165, 1.54) is 39.0 Å². The van der Waals surface area contributed by atoms with Crippen LogP contribution in [-0.2, 0) is 22.4 Å². The first kappa shape index (κ1) is 39.9. The Kier molecular flexibility index (Phi) is 11.7. The Balaban J connectivity index is 0.000000181. The molecular weight excluding hydrogens is 882 g/mol. The summed E-state index contributed by atoms with van der Waals surface area (Å²) in [5, 5.41) is 4.53. The molecule has 4 heterocycles. The fourth-order valence-corrected chi connectivity index (χ4v) is 8.02. The minimum Gasteiger partial charge on any atom is -0.471 e. The summed E-state index contributed by atoms with van der Waals surface area (Å²) in [6, 6.07) is 40.3. The Morgan fingerprint density at radius 1 is 0.509 bits per heavy atom. The molecule has 0 N–H and O–H groups in total. The first-order valence-electron chi connectivity index (χ1n) is 19.9. The molecule has 0 unspecified atom stereocenters. The summed E-state index contributed by atoms with van der Waals surface area (Å²) in [4.78, 5) is 23.6. The van der Waals surface area contributed by atoms with E-state index < -0.39 is 0 Å². The molecule has 8 aromatic rings. The van der Waals surface area contributed by atoms with E-state index in [-0.39, 0.29) is 22.4 Å². The summed E-state index contributed by atoms with van der Waals surface area (Å²) in [6.07, 6.45) is 3.73. The predicted molar refractivity (Wildman–Crippen MR) is 235 cm³/mol. The molecule has 9 rings (SSSR count). The van der Waals surface area contributed by atoms with E-state index in [4.69, 9.17) is 15.0 Å². The van der Waals surface area contributed by atoms with Crippen molar-refractivity contribution >= 4 is 55.5 Å². The van der Waals surface area contributed by atoms with Crippen molar-refractivity contribution in [2.24, 2.45) is 0 Å². The second-order valence-corrected chi connectivity index (χ2v) is 16.0. The monoisotopic (exact) mass is 931 g/mol. The van der Waals surface area contributed by atoms with Gasteiger partial charge in [0.1, 0.15) is 5.82 Å². The third kappa shape index (κ3) is 7.50. The van der Waals surface area contributed by atoms with Gasteiger partial charge in [0.15, 0.2) is 0 Å². The van der Waals surface area contributed by atoms with Crippen molar-refractivity contribution in [1.82, 2.24) is 19.9 Å². The number of benzene rings is 5. The summed E-state index contributed by atoms with van der Waals surface area (Å²) in [5.41, 5.74) is 11.9. The summed E-state index contributed by atoms with van der Waals surface area (Å²) in [5.74, 6) is 3.38. The minimum absolute atomic E-state index is 0. The molecular formula is C50H50AuN6-2. The van der Waals surface area contributed by atoms with Crippen LogP contribution in [0.2, 0.25) is 0 Å². The molecule has 0 amide bonds. The van der Waals surface area contributed by atoms with E-state index in [2.05, 4.69) is 150 Å². The smallest absolute Gasteiger partial charge is 0.126 e. The van der Waals surface area contributed by atoms with Gasteiger partial charge >= 0.3 is 0 Å². The van der Waals surface area contributed by atoms with Gasteiger partial charge in [-0.1, -0.05) is 152 Å². The van der Waals surface area contributed by atoms with E-state index in [1.54, 1.807) is 0 Å². The second-order valence-electron chi connectivity index (χ2n) is 16.0. The predicted octanol–water partition coefficient (Wildman–Crippen LogP) is 13.5.